The van der Waals surface area contributed by atoms with Crippen molar-refractivity contribution in [3.63, 3.8) is 0 Å². The summed E-state index contributed by atoms with van der Waals surface area (Å²) in [4.78, 5) is 47.3. The molecule has 0 aromatic heterocycles. The number of rotatable bonds is 8. The van der Waals surface area contributed by atoms with Gasteiger partial charge in [-0.2, -0.15) is 0 Å². The molecule has 0 amide bonds. The zero-order valence-electron chi connectivity index (χ0n) is 48.6. The number of benzene rings is 1. The predicted octanol–water partition coefficient (Wildman–Crippen LogP) is 14.5. The largest absolute Gasteiger partial charge is 0.481 e. The molecule has 1 aromatic rings. The number of nitrogens with two attached hydrogens (primary N) is 1. The van der Waals surface area contributed by atoms with Crippen molar-refractivity contribution in [3.05, 3.63) is 35.9 Å². The molecular weight excluding hydrogens is 1000 g/mol. The summed E-state index contributed by atoms with van der Waals surface area (Å²) in [7, 11) is 3.01. The second kappa shape index (κ2) is 21.3. The Kier molecular flexibility index (Phi) is 15.6. The van der Waals surface area contributed by atoms with Crippen molar-refractivity contribution in [1.29, 1.82) is 0 Å². The molecule has 20 bridgehead atoms. The van der Waals surface area contributed by atoms with Gasteiger partial charge >= 0.3 is 17.9 Å². The van der Waals surface area contributed by atoms with E-state index in [-0.39, 0.29) is 45.8 Å². The maximum atomic E-state index is 14.9. The van der Waals surface area contributed by atoms with Crippen LogP contribution in [0.5, 0.6) is 0 Å². The first-order valence-corrected chi connectivity index (χ1v) is 32.0. The van der Waals surface area contributed by atoms with Gasteiger partial charge in [0, 0.05) is 12.0 Å². The number of alkyl halides is 3. The molecule has 1 aromatic carbocycles. The Morgan fingerprint density at radius 1 is 0.481 bits per heavy atom. The van der Waals surface area contributed by atoms with Crippen molar-refractivity contribution in [2.45, 2.75) is 242 Å². The van der Waals surface area contributed by atoms with Crippen molar-refractivity contribution in [3.8, 4) is 0 Å². The molecule has 9 nitrogen and oxygen atoms in total. The number of ether oxygens (including phenoxy) is 2. The molecule has 12 heteroatoms. The monoisotopic (exact) mass is 1100 g/mol. The lowest BCUT2D eigenvalue weighted by molar-refractivity contribution is -0.193. The highest BCUT2D eigenvalue weighted by Crippen LogP contribution is 2.67. The minimum absolute atomic E-state index is 0.0521. The van der Waals surface area contributed by atoms with Crippen LogP contribution in [0, 0.1) is 92.2 Å². The lowest BCUT2D eigenvalue weighted by Gasteiger charge is -2.59. The van der Waals surface area contributed by atoms with Crippen molar-refractivity contribution in [1.82, 2.24) is 0 Å². The fourth-order valence-corrected chi connectivity index (χ4v) is 24.0. The fraction of sp³-hybridized carbons (Fsp3) is 0.851. The highest BCUT2D eigenvalue weighted by Gasteiger charge is 2.64. The number of methoxy groups -OCH3 is 2. The van der Waals surface area contributed by atoms with Gasteiger partial charge in [0.15, 0.2) is 5.78 Å². The summed E-state index contributed by atoms with van der Waals surface area (Å²) in [6.07, 6.45) is 30.6. The van der Waals surface area contributed by atoms with Gasteiger partial charge in [-0.3, -0.25) is 19.2 Å². The van der Waals surface area contributed by atoms with Crippen LogP contribution < -0.4 is 5.73 Å². The average molecular weight is 1100 g/mol. The van der Waals surface area contributed by atoms with Gasteiger partial charge in [-0.1, -0.05) is 44.2 Å². The van der Waals surface area contributed by atoms with Crippen LogP contribution in [0.4, 0.5) is 13.2 Å². The molecule has 20 saturated carbocycles. The maximum absolute atomic E-state index is 14.9. The molecule has 0 radical (unpaired) electrons. The molecule has 8 atom stereocenters. The van der Waals surface area contributed by atoms with Gasteiger partial charge < -0.3 is 25.4 Å². The van der Waals surface area contributed by atoms with Crippen molar-refractivity contribution in [2.24, 2.45) is 97.9 Å². The van der Waals surface area contributed by atoms with Crippen LogP contribution in [-0.2, 0) is 23.9 Å². The second-order valence-electron chi connectivity index (χ2n) is 31.1. The van der Waals surface area contributed by atoms with Crippen LogP contribution in [0.3, 0.4) is 0 Å². The molecule has 79 heavy (non-hydrogen) atoms. The lowest BCUT2D eigenvalue weighted by Crippen LogP contribution is -2.58. The Balaban J connectivity index is 0.000000105. The molecule has 20 fully saturated rings. The van der Waals surface area contributed by atoms with Gasteiger partial charge in [-0.25, -0.2) is 13.2 Å². The third-order valence-corrected chi connectivity index (χ3v) is 24.4. The van der Waals surface area contributed by atoms with Crippen LogP contribution >= 0.6 is 0 Å². The Morgan fingerprint density at radius 2 is 0.835 bits per heavy atom. The van der Waals surface area contributed by atoms with Crippen LogP contribution in [0.2, 0.25) is 0 Å². The Labute approximate surface area is 470 Å². The van der Waals surface area contributed by atoms with E-state index in [0.717, 1.165) is 145 Å². The third kappa shape index (κ3) is 11.4. The van der Waals surface area contributed by atoms with E-state index in [1.165, 1.54) is 58.5 Å². The van der Waals surface area contributed by atoms with Gasteiger partial charge in [0.2, 0.25) is 0 Å². The van der Waals surface area contributed by atoms with Crippen LogP contribution in [0.25, 0.3) is 0 Å². The first-order chi connectivity index (χ1) is 37.5. The highest BCUT2D eigenvalue weighted by atomic mass is 19.2. The summed E-state index contributed by atoms with van der Waals surface area (Å²) in [6, 6.07) is 9.53. The van der Waals surface area contributed by atoms with Crippen molar-refractivity contribution < 1.29 is 52.0 Å². The zero-order valence-corrected chi connectivity index (χ0v) is 48.6. The molecule has 20 aliphatic rings. The Bertz CT molecular complexity index is 2330. The van der Waals surface area contributed by atoms with Gasteiger partial charge in [-0.05, 0) is 282 Å². The van der Waals surface area contributed by atoms with Gasteiger partial charge in [0.25, 0.3) is 0 Å². The molecule has 0 saturated heterocycles. The van der Waals surface area contributed by atoms with E-state index < -0.39 is 34.0 Å². The van der Waals surface area contributed by atoms with E-state index >= 15 is 0 Å². The normalized spacial score (nSPS) is 48.8. The number of aliphatic hydroxyl groups is 1. The number of carbonyl (C=O) groups excluding carboxylic acids is 3. The van der Waals surface area contributed by atoms with Gasteiger partial charge in [0.1, 0.15) is 17.0 Å². The average Bonchev–Trinajstić information content (AvgIpc) is 3.57. The number of hydrogen-bond donors (Lipinski definition) is 3. The topological polar surface area (TPSA) is 153 Å². The van der Waals surface area contributed by atoms with E-state index in [9.17, 15) is 42.6 Å². The minimum atomic E-state index is -1.14. The number of ketones is 1. The number of carbonyl (C=O) groups is 4. The van der Waals surface area contributed by atoms with Crippen molar-refractivity contribution in [2.75, 3.05) is 20.8 Å². The lowest BCUT2D eigenvalue weighted by atomic mass is 9.47. The highest BCUT2D eigenvalue weighted by molar-refractivity contribution is 5.96. The molecule has 4 N–H and O–H groups in total. The van der Waals surface area contributed by atoms with E-state index in [0.29, 0.717) is 79.6 Å². The number of Topliss-reactive ketones (excluding diaryl/α,β-unsaturated/α-hetero) is 1. The summed E-state index contributed by atoms with van der Waals surface area (Å²) in [5.74, 6) is 6.25. The first kappa shape index (κ1) is 57.8. The summed E-state index contributed by atoms with van der Waals surface area (Å²) < 4.78 is 53.3. The van der Waals surface area contributed by atoms with E-state index in [2.05, 4.69) is 0 Å². The molecule has 0 spiro atoms. The van der Waals surface area contributed by atoms with E-state index in [1.54, 1.807) is 7.11 Å². The molecular formula is C67H98F3NO8. The molecule has 8 unspecified atom stereocenters. The SMILES string of the molecule is CC.COC(=O)C12CC3CC(CC(C3)C1)C2.COC(=O)C12CC3CC(CC(O)(C3)C1)C2.NCC12CC3CC(CC(F)(C3)C1)C2.O=C(CCC12CC3CC(CC(F)(C3)C1)C2)c1ccccc1.O=C(O)C12CC3CC(CC(F)(C3)C1)C2. The quantitative estimate of drug-likeness (QED) is 0.171. The molecule has 440 valence electrons. The number of carboxylic acids is 1. The summed E-state index contributed by atoms with van der Waals surface area (Å²) in [5, 5.41) is 19.6. The molecule has 20 aliphatic carbocycles. The molecule has 0 heterocycles. The summed E-state index contributed by atoms with van der Waals surface area (Å²) in [6.45, 7) is 4.71. The molecule has 0 aliphatic heterocycles. The fourth-order valence-electron chi connectivity index (χ4n) is 24.0. The van der Waals surface area contributed by atoms with Crippen LogP contribution in [-0.4, -0.2) is 77.3 Å². The third-order valence-electron chi connectivity index (χ3n) is 24.4. The first-order valence-electron chi connectivity index (χ1n) is 32.0. The minimum Gasteiger partial charge on any atom is -0.481 e. The Morgan fingerprint density at radius 3 is 1.23 bits per heavy atom. The number of halogens is 3. The number of carboxylic acid groups (broad SMARTS) is 1. The van der Waals surface area contributed by atoms with E-state index in [4.69, 9.17) is 15.2 Å². The number of esters is 2. The predicted molar refractivity (Wildman–Crippen MR) is 298 cm³/mol. The Hall–Kier alpha value is -2.99. The van der Waals surface area contributed by atoms with E-state index in [1.807, 2.05) is 44.2 Å². The van der Waals surface area contributed by atoms with Gasteiger partial charge in [0.05, 0.1) is 36.1 Å². The second-order valence-corrected chi connectivity index (χ2v) is 31.1. The summed E-state index contributed by atoms with van der Waals surface area (Å²) in [5.41, 5.74) is 2.46. The van der Waals surface area contributed by atoms with Crippen LogP contribution in [0.15, 0.2) is 30.3 Å². The molecule has 21 rings (SSSR count). The number of hydrogen-bond acceptors (Lipinski definition) is 8. The van der Waals surface area contributed by atoms with Gasteiger partial charge in [-0.15, -0.1) is 0 Å². The number of aliphatic carboxylic acids is 1. The zero-order chi connectivity index (χ0) is 56.0. The summed E-state index contributed by atoms with van der Waals surface area (Å²) >= 11 is 0. The maximum Gasteiger partial charge on any atom is 0.311 e. The standard InChI is InChI=1S/C19H23FO.C12H18O3.C12H18O2.C11H18FN.C11H15FO2.C2H6/c20-19-11-14-8-15(12-19)10-18(9-14,13-19)7-6-17(21)16-4-2-1-3-5-16;1-15-10(13)11-3-8-2-9(4-11)6-12(14,5-8)7-11;1-14-11(13)12-5-8-2-9(6-12)4-10(3-8)7-12;12-11-4-8-1-9(5-11)3-10(2-8,6-11)7-13;12-11-4-7-1-8(5-11)3-10(2-7,6-11)9(13)14;1-2/h1-5,14-15H,6-13H2;8-9,14H,2-7H2,1H3;8-10H,2-7H2,1H3;8-9H,1-7,13H2;7-8H,1-6H2,(H,13,14);1-2H3. The van der Waals surface area contributed by atoms with Crippen LogP contribution in [0.1, 0.15) is 230 Å². The smallest absolute Gasteiger partial charge is 0.311 e. The van der Waals surface area contributed by atoms with Crippen molar-refractivity contribution >= 4 is 23.7 Å².